The molecular formula is C27H43N3O7S. The number of hydrogen-bond donors (Lipinski definition) is 3. The number of carbonyl (C=O) groups excluding carboxylic acids is 4. The second-order valence-electron chi connectivity index (χ2n) is 10.6. The molecule has 0 aromatic heterocycles. The van der Waals surface area contributed by atoms with Crippen LogP contribution in [0.3, 0.4) is 0 Å². The molecule has 3 N–H and O–H groups in total. The number of nitrogens with one attached hydrogen (secondary N) is 2. The SMILES string of the molecule is CCC(C)(C)N(C(=O)C(CCSC)NC(=O)OC(C)(C)C)C(C(=O)NCC(=O)OC)c1ccc(O)c(C)c1. The number of hydrogen-bond acceptors (Lipinski definition) is 8. The highest BCUT2D eigenvalue weighted by Crippen LogP contribution is 2.34. The van der Waals surface area contributed by atoms with Gasteiger partial charge in [-0.2, -0.15) is 11.8 Å². The van der Waals surface area contributed by atoms with E-state index >= 15 is 0 Å². The monoisotopic (exact) mass is 553 g/mol. The van der Waals surface area contributed by atoms with Gasteiger partial charge < -0.3 is 30.1 Å². The highest BCUT2D eigenvalue weighted by Gasteiger charge is 2.43. The topological polar surface area (TPSA) is 134 Å². The van der Waals surface area contributed by atoms with Crippen LogP contribution in [0.5, 0.6) is 5.75 Å². The highest BCUT2D eigenvalue weighted by molar-refractivity contribution is 7.98. The molecule has 1 aromatic carbocycles. The van der Waals surface area contributed by atoms with E-state index in [9.17, 15) is 24.3 Å². The summed E-state index contributed by atoms with van der Waals surface area (Å²) in [5.74, 6) is -1.10. The van der Waals surface area contributed by atoms with Crippen LogP contribution in [0, 0.1) is 6.92 Å². The van der Waals surface area contributed by atoms with Crippen LogP contribution in [0.1, 0.15) is 71.6 Å². The molecule has 0 bridgehead atoms. The molecule has 0 aliphatic carbocycles. The number of rotatable bonds is 12. The third kappa shape index (κ3) is 9.74. The molecule has 1 rings (SSSR count). The number of aromatic hydroxyl groups is 1. The van der Waals surface area contributed by atoms with Crippen molar-refractivity contribution in [2.45, 2.75) is 84.5 Å². The zero-order valence-corrected chi connectivity index (χ0v) is 24.8. The summed E-state index contributed by atoms with van der Waals surface area (Å²) in [7, 11) is 1.21. The number of amides is 3. The molecule has 11 heteroatoms. The summed E-state index contributed by atoms with van der Waals surface area (Å²) in [6, 6.07) is 2.50. The number of thioether (sulfide) groups is 1. The van der Waals surface area contributed by atoms with Crippen molar-refractivity contribution in [3.8, 4) is 5.75 Å². The van der Waals surface area contributed by atoms with Crippen LogP contribution in [0.25, 0.3) is 0 Å². The minimum atomic E-state index is -1.17. The Morgan fingerprint density at radius 2 is 1.76 bits per heavy atom. The van der Waals surface area contributed by atoms with Crippen LogP contribution in [0.2, 0.25) is 0 Å². The predicted molar refractivity (Wildman–Crippen MR) is 148 cm³/mol. The molecule has 0 heterocycles. The normalized spacial score (nSPS) is 13.2. The maximum atomic E-state index is 14.2. The molecule has 38 heavy (non-hydrogen) atoms. The van der Waals surface area contributed by atoms with Gasteiger partial charge in [-0.1, -0.05) is 13.0 Å². The lowest BCUT2D eigenvalue weighted by Gasteiger charge is -2.44. The van der Waals surface area contributed by atoms with Crippen LogP contribution < -0.4 is 10.6 Å². The van der Waals surface area contributed by atoms with Gasteiger partial charge in [0.15, 0.2) is 0 Å². The Morgan fingerprint density at radius 1 is 1.13 bits per heavy atom. The van der Waals surface area contributed by atoms with Crippen molar-refractivity contribution < 1.29 is 33.8 Å². The lowest BCUT2D eigenvalue weighted by Crippen LogP contribution is -2.59. The summed E-state index contributed by atoms with van der Waals surface area (Å²) in [5.41, 5.74) is -0.651. The van der Waals surface area contributed by atoms with Gasteiger partial charge >= 0.3 is 12.1 Å². The molecule has 0 radical (unpaired) electrons. The first-order valence-electron chi connectivity index (χ1n) is 12.5. The molecule has 3 amide bonds. The van der Waals surface area contributed by atoms with E-state index in [1.165, 1.54) is 29.8 Å². The van der Waals surface area contributed by atoms with Crippen molar-refractivity contribution >= 4 is 35.6 Å². The Labute approximate surface area is 230 Å². The van der Waals surface area contributed by atoms with Crippen LogP contribution in [-0.2, 0) is 23.9 Å². The summed E-state index contributed by atoms with van der Waals surface area (Å²) in [5, 5.41) is 15.4. The first-order valence-corrected chi connectivity index (χ1v) is 13.9. The van der Waals surface area contributed by atoms with Crippen molar-refractivity contribution in [3.63, 3.8) is 0 Å². The number of esters is 1. The van der Waals surface area contributed by atoms with E-state index in [1.54, 1.807) is 39.8 Å². The molecule has 0 spiro atoms. The molecule has 1 aromatic rings. The second-order valence-corrected chi connectivity index (χ2v) is 11.6. The molecule has 10 nitrogen and oxygen atoms in total. The first kappa shape index (κ1) is 33.1. The minimum absolute atomic E-state index is 0.0412. The summed E-state index contributed by atoms with van der Waals surface area (Å²) >= 11 is 1.52. The van der Waals surface area contributed by atoms with Crippen molar-refractivity contribution in [1.29, 1.82) is 0 Å². The Bertz CT molecular complexity index is 991. The molecule has 0 saturated heterocycles. The quantitative estimate of drug-likeness (QED) is 0.334. The van der Waals surface area contributed by atoms with Crippen LogP contribution in [0.4, 0.5) is 4.79 Å². The average Bonchev–Trinajstić information content (AvgIpc) is 2.83. The standard InChI is InChI=1S/C27H43N3O7S/c1-10-27(6,7)30(24(34)19(13-14-38-9)29-25(35)37-26(3,4)5)22(23(33)28-16-21(32)36-8)18-11-12-20(31)17(2)15-18/h11-12,15,19,22,31H,10,13-14,16H2,1-9H3,(H,28,33)(H,29,35). The second kappa shape index (κ2) is 14.3. The largest absolute Gasteiger partial charge is 0.508 e. The minimum Gasteiger partial charge on any atom is -0.508 e. The van der Waals surface area contributed by atoms with Crippen LogP contribution in [0.15, 0.2) is 18.2 Å². The van der Waals surface area contributed by atoms with Crippen molar-refractivity contribution in [1.82, 2.24) is 15.5 Å². The Morgan fingerprint density at radius 3 is 2.26 bits per heavy atom. The fraction of sp³-hybridized carbons (Fsp3) is 0.630. The third-order valence-corrected chi connectivity index (χ3v) is 6.68. The van der Waals surface area contributed by atoms with Gasteiger partial charge in [0.25, 0.3) is 0 Å². The predicted octanol–water partition coefficient (Wildman–Crippen LogP) is 3.69. The first-order chi connectivity index (χ1) is 17.6. The Balaban J connectivity index is 3.65. The average molecular weight is 554 g/mol. The number of methoxy groups -OCH3 is 1. The number of benzene rings is 1. The lowest BCUT2D eigenvalue weighted by atomic mass is 9.91. The Hall–Kier alpha value is -2.95. The molecule has 0 aliphatic heterocycles. The van der Waals surface area contributed by atoms with E-state index in [2.05, 4.69) is 15.4 Å². The van der Waals surface area contributed by atoms with Crippen molar-refractivity contribution in [2.75, 3.05) is 25.7 Å². The fourth-order valence-corrected chi connectivity index (χ4v) is 4.12. The zero-order valence-electron chi connectivity index (χ0n) is 24.0. The highest BCUT2D eigenvalue weighted by atomic mass is 32.2. The van der Waals surface area contributed by atoms with E-state index in [1.807, 2.05) is 27.0 Å². The smallest absolute Gasteiger partial charge is 0.408 e. The number of phenols is 1. The zero-order chi connectivity index (χ0) is 29.3. The summed E-state index contributed by atoms with van der Waals surface area (Å²) in [6.07, 6.45) is 1.95. The number of ether oxygens (including phenoxy) is 2. The van der Waals surface area contributed by atoms with E-state index in [-0.39, 0.29) is 12.3 Å². The maximum Gasteiger partial charge on any atom is 0.408 e. The fourth-order valence-electron chi connectivity index (χ4n) is 3.65. The number of nitrogens with zero attached hydrogens (tertiary/aromatic N) is 1. The van der Waals surface area contributed by atoms with E-state index < -0.39 is 47.1 Å². The molecule has 214 valence electrons. The molecule has 0 saturated carbocycles. The molecule has 0 fully saturated rings. The van der Waals surface area contributed by atoms with E-state index in [0.29, 0.717) is 29.7 Å². The van der Waals surface area contributed by atoms with Crippen molar-refractivity contribution in [3.05, 3.63) is 29.3 Å². The van der Waals surface area contributed by atoms with Gasteiger partial charge in [0.05, 0.1) is 7.11 Å². The number of phenolic OH excluding ortho intramolecular Hbond substituents is 1. The van der Waals surface area contributed by atoms with Gasteiger partial charge in [0.2, 0.25) is 11.8 Å². The number of carbonyl (C=O) groups is 4. The van der Waals surface area contributed by atoms with E-state index in [4.69, 9.17) is 4.74 Å². The third-order valence-electron chi connectivity index (χ3n) is 6.03. The van der Waals surface area contributed by atoms with Gasteiger partial charge in [-0.05, 0) is 89.7 Å². The molecule has 2 unspecified atom stereocenters. The summed E-state index contributed by atoms with van der Waals surface area (Å²) < 4.78 is 10.1. The van der Waals surface area contributed by atoms with Gasteiger partial charge in [-0.15, -0.1) is 0 Å². The summed E-state index contributed by atoms with van der Waals surface area (Å²) in [4.78, 5) is 53.8. The molecule has 0 aliphatic rings. The maximum absolute atomic E-state index is 14.2. The van der Waals surface area contributed by atoms with Gasteiger partial charge in [-0.3, -0.25) is 14.4 Å². The lowest BCUT2D eigenvalue weighted by molar-refractivity contribution is -0.150. The van der Waals surface area contributed by atoms with Gasteiger partial charge in [0.1, 0.15) is 30.0 Å². The molecular weight excluding hydrogens is 510 g/mol. The molecule has 2 atom stereocenters. The van der Waals surface area contributed by atoms with Crippen LogP contribution in [-0.4, -0.2) is 76.7 Å². The number of alkyl carbamates (subject to hydrolysis) is 1. The Kier molecular flexibility index (Phi) is 12.4. The van der Waals surface area contributed by atoms with Gasteiger partial charge in [0, 0.05) is 5.54 Å². The van der Waals surface area contributed by atoms with Gasteiger partial charge in [-0.25, -0.2) is 4.79 Å². The van der Waals surface area contributed by atoms with Crippen molar-refractivity contribution in [2.24, 2.45) is 0 Å². The van der Waals surface area contributed by atoms with E-state index in [0.717, 1.165) is 0 Å². The van der Waals surface area contributed by atoms with Crippen LogP contribution >= 0.6 is 11.8 Å². The number of aryl methyl sites for hydroxylation is 1. The summed E-state index contributed by atoms with van der Waals surface area (Å²) in [6.45, 7) is 12.0.